The SMILES string of the molecule is CCOc1ccc(C(CN)Cc2ccccc2Cl)cc1OCC. The van der Waals surface area contributed by atoms with Crippen LogP contribution in [0.5, 0.6) is 11.5 Å². The highest BCUT2D eigenvalue weighted by Gasteiger charge is 2.15. The van der Waals surface area contributed by atoms with Crippen LogP contribution in [0.2, 0.25) is 5.02 Å². The van der Waals surface area contributed by atoms with Gasteiger partial charge in [-0.3, -0.25) is 0 Å². The van der Waals surface area contributed by atoms with E-state index >= 15 is 0 Å². The van der Waals surface area contributed by atoms with Crippen LogP contribution in [0.3, 0.4) is 0 Å². The fourth-order valence-electron chi connectivity index (χ4n) is 2.59. The maximum Gasteiger partial charge on any atom is 0.161 e. The standard InChI is InChI=1S/C19H24ClNO2/c1-3-22-18-10-9-14(12-19(18)23-4-2)16(13-21)11-15-7-5-6-8-17(15)20/h5-10,12,16H,3-4,11,13,21H2,1-2H3. The van der Waals surface area contributed by atoms with Crippen molar-refractivity contribution in [1.82, 2.24) is 0 Å². The van der Waals surface area contributed by atoms with E-state index in [0.29, 0.717) is 19.8 Å². The smallest absolute Gasteiger partial charge is 0.161 e. The molecule has 0 amide bonds. The van der Waals surface area contributed by atoms with Crippen LogP contribution in [0.4, 0.5) is 0 Å². The lowest BCUT2D eigenvalue weighted by Crippen LogP contribution is -2.15. The number of ether oxygens (including phenoxy) is 2. The van der Waals surface area contributed by atoms with Crippen molar-refractivity contribution in [1.29, 1.82) is 0 Å². The molecule has 0 aliphatic heterocycles. The first-order valence-corrected chi connectivity index (χ1v) is 8.40. The molecule has 0 fully saturated rings. The summed E-state index contributed by atoms with van der Waals surface area (Å²) in [5.74, 6) is 1.72. The van der Waals surface area contributed by atoms with E-state index in [-0.39, 0.29) is 5.92 Å². The number of nitrogens with two attached hydrogens (primary N) is 1. The molecule has 1 unspecified atom stereocenters. The molecular weight excluding hydrogens is 310 g/mol. The second-order valence-electron chi connectivity index (χ2n) is 5.30. The molecular formula is C19H24ClNO2. The predicted molar refractivity (Wildman–Crippen MR) is 95.7 cm³/mol. The minimum absolute atomic E-state index is 0.185. The van der Waals surface area contributed by atoms with Gasteiger partial charge in [0.15, 0.2) is 11.5 Å². The fraction of sp³-hybridized carbons (Fsp3) is 0.368. The van der Waals surface area contributed by atoms with Crippen LogP contribution in [0, 0.1) is 0 Å². The Bertz CT molecular complexity index is 631. The van der Waals surface area contributed by atoms with Gasteiger partial charge in [-0.25, -0.2) is 0 Å². The van der Waals surface area contributed by atoms with Gasteiger partial charge >= 0.3 is 0 Å². The van der Waals surface area contributed by atoms with Crippen LogP contribution >= 0.6 is 11.6 Å². The third kappa shape index (κ3) is 4.63. The van der Waals surface area contributed by atoms with E-state index in [1.165, 1.54) is 0 Å². The van der Waals surface area contributed by atoms with Gasteiger partial charge in [-0.2, -0.15) is 0 Å². The van der Waals surface area contributed by atoms with E-state index < -0.39 is 0 Å². The van der Waals surface area contributed by atoms with E-state index in [0.717, 1.165) is 34.1 Å². The second-order valence-corrected chi connectivity index (χ2v) is 5.71. The maximum absolute atomic E-state index is 6.27. The summed E-state index contributed by atoms with van der Waals surface area (Å²) in [6.45, 7) is 5.68. The van der Waals surface area contributed by atoms with Gasteiger partial charge in [0.2, 0.25) is 0 Å². The van der Waals surface area contributed by atoms with Gasteiger partial charge in [-0.1, -0.05) is 35.9 Å². The number of rotatable bonds is 8. The molecule has 0 heterocycles. The zero-order valence-electron chi connectivity index (χ0n) is 13.7. The van der Waals surface area contributed by atoms with Crippen molar-refractivity contribution >= 4 is 11.6 Å². The molecule has 0 aromatic heterocycles. The van der Waals surface area contributed by atoms with Gasteiger partial charge < -0.3 is 15.2 Å². The minimum atomic E-state index is 0.185. The summed E-state index contributed by atoms with van der Waals surface area (Å²) in [5, 5.41) is 0.780. The first kappa shape index (κ1) is 17.6. The Balaban J connectivity index is 2.26. The summed E-state index contributed by atoms with van der Waals surface area (Å²) in [5.41, 5.74) is 8.25. The minimum Gasteiger partial charge on any atom is -0.490 e. The predicted octanol–water partition coefficient (Wildman–Crippen LogP) is 4.42. The molecule has 0 radical (unpaired) electrons. The molecule has 2 rings (SSSR count). The zero-order chi connectivity index (χ0) is 16.7. The lowest BCUT2D eigenvalue weighted by atomic mass is 9.92. The molecule has 4 heteroatoms. The van der Waals surface area contributed by atoms with Gasteiger partial charge in [-0.15, -0.1) is 0 Å². The summed E-state index contributed by atoms with van der Waals surface area (Å²) in [4.78, 5) is 0. The number of hydrogen-bond donors (Lipinski definition) is 1. The summed E-state index contributed by atoms with van der Waals surface area (Å²) in [6, 6.07) is 13.9. The zero-order valence-corrected chi connectivity index (χ0v) is 14.5. The quantitative estimate of drug-likeness (QED) is 0.777. The summed E-state index contributed by atoms with van der Waals surface area (Å²) >= 11 is 6.27. The molecule has 3 nitrogen and oxygen atoms in total. The summed E-state index contributed by atoms with van der Waals surface area (Å²) in [6.07, 6.45) is 0.801. The van der Waals surface area contributed by atoms with E-state index in [1.807, 2.05) is 50.2 Å². The number of halogens is 1. The Kier molecular flexibility index (Phi) is 6.75. The Hall–Kier alpha value is -1.71. The van der Waals surface area contributed by atoms with Gasteiger partial charge in [0.1, 0.15) is 0 Å². The number of hydrogen-bond acceptors (Lipinski definition) is 3. The Morgan fingerprint density at radius 1 is 1.00 bits per heavy atom. The van der Waals surface area contributed by atoms with Crippen LogP contribution in [0.25, 0.3) is 0 Å². The van der Waals surface area contributed by atoms with Crippen LogP contribution in [-0.2, 0) is 6.42 Å². The normalized spacial score (nSPS) is 12.0. The van der Waals surface area contributed by atoms with Crippen LogP contribution in [0.1, 0.15) is 30.9 Å². The molecule has 2 aromatic carbocycles. The van der Waals surface area contributed by atoms with Crippen molar-refractivity contribution in [3.63, 3.8) is 0 Å². The Morgan fingerprint density at radius 2 is 1.70 bits per heavy atom. The third-order valence-corrected chi connectivity index (χ3v) is 4.12. The molecule has 0 bridgehead atoms. The van der Waals surface area contributed by atoms with Gasteiger partial charge in [0.25, 0.3) is 0 Å². The second kappa shape index (κ2) is 8.80. The first-order valence-electron chi connectivity index (χ1n) is 8.02. The lowest BCUT2D eigenvalue weighted by molar-refractivity contribution is 0.287. The monoisotopic (exact) mass is 333 g/mol. The van der Waals surface area contributed by atoms with Gasteiger partial charge in [0.05, 0.1) is 13.2 Å². The molecule has 2 aromatic rings. The third-order valence-electron chi connectivity index (χ3n) is 3.75. The van der Waals surface area contributed by atoms with Crippen molar-refractivity contribution < 1.29 is 9.47 Å². The molecule has 23 heavy (non-hydrogen) atoms. The number of benzene rings is 2. The summed E-state index contributed by atoms with van der Waals surface area (Å²) in [7, 11) is 0. The molecule has 2 N–H and O–H groups in total. The lowest BCUT2D eigenvalue weighted by Gasteiger charge is -2.19. The topological polar surface area (TPSA) is 44.5 Å². The Morgan fingerprint density at radius 3 is 2.35 bits per heavy atom. The largest absolute Gasteiger partial charge is 0.490 e. The van der Waals surface area contributed by atoms with Crippen LogP contribution in [0.15, 0.2) is 42.5 Å². The maximum atomic E-state index is 6.27. The molecule has 124 valence electrons. The van der Waals surface area contributed by atoms with Crippen molar-refractivity contribution in [3.8, 4) is 11.5 Å². The van der Waals surface area contributed by atoms with E-state index in [9.17, 15) is 0 Å². The molecule has 0 aliphatic rings. The molecule has 0 saturated carbocycles. The van der Waals surface area contributed by atoms with Crippen molar-refractivity contribution in [2.24, 2.45) is 5.73 Å². The average Bonchev–Trinajstić information content (AvgIpc) is 2.56. The highest BCUT2D eigenvalue weighted by atomic mass is 35.5. The van der Waals surface area contributed by atoms with E-state index in [2.05, 4.69) is 6.07 Å². The van der Waals surface area contributed by atoms with E-state index in [1.54, 1.807) is 0 Å². The van der Waals surface area contributed by atoms with Crippen molar-refractivity contribution in [2.75, 3.05) is 19.8 Å². The van der Waals surface area contributed by atoms with Crippen molar-refractivity contribution in [2.45, 2.75) is 26.2 Å². The molecule has 1 atom stereocenters. The fourth-order valence-corrected chi connectivity index (χ4v) is 2.80. The highest BCUT2D eigenvalue weighted by molar-refractivity contribution is 6.31. The molecule has 0 aliphatic carbocycles. The van der Waals surface area contributed by atoms with Crippen LogP contribution in [-0.4, -0.2) is 19.8 Å². The van der Waals surface area contributed by atoms with Gasteiger partial charge in [0, 0.05) is 10.9 Å². The van der Waals surface area contributed by atoms with Gasteiger partial charge in [-0.05, 0) is 56.1 Å². The average molecular weight is 334 g/mol. The first-order chi connectivity index (χ1) is 11.2. The Labute approximate surface area is 143 Å². The highest BCUT2D eigenvalue weighted by Crippen LogP contribution is 2.33. The molecule has 0 saturated heterocycles. The summed E-state index contributed by atoms with van der Waals surface area (Å²) < 4.78 is 11.3. The van der Waals surface area contributed by atoms with Crippen molar-refractivity contribution in [3.05, 3.63) is 58.6 Å². The van der Waals surface area contributed by atoms with Crippen LogP contribution < -0.4 is 15.2 Å². The van der Waals surface area contributed by atoms with E-state index in [4.69, 9.17) is 26.8 Å². The molecule has 0 spiro atoms.